The van der Waals surface area contributed by atoms with E-state index in [2.05, 4.69) is 59.3 Å². The number of nitrogens with zero attached hydrogens (tertiary/aromatic N) is 3. The predicted octanol–water partition coefficient (Wildman–Crippen LogP) is 8.48. The Hall–Kier alpha value is -4.14. The molecule has 12 heteroatoms. The van der Waals surface area contributed by atoms with Gasteiger partial charge in [0.15, 0.2) is 5.13 Å². The number of benzene rings is 4. The van der Waals surface area contributed by atoms with Gasteiger partial charge in [0.25, 0.3) is 11.6 Å². The van der Waals surface area contributed by atoms with Crippen molar-refractivity contribution in [2.75, 3.05) is 5.32 Å². The molecule has 0 aliphatic heterocycles. The fraction of sp³-hybridized carbons (Fsp3) is 0.0645. The monoisotopic (exact) mass is 767 g/mol. The number of hydrazone groups is 1. The number of thiazole rings is 1. The van der Waals surface area contributed by atoms with Crippen molar-refractivity contribution in [3.8, 4) is 17.0 Å². The van der Waals surface area contributed by atoms with Gasteiger partial charge in [-0.3, -0.25) is 14.9 Å². The van der Waals surface area contributed by atoms with Crippen molar-refractivity contribution < 1.29 is 14.5 Å². The Morgan fingerprint density at radius 3 is 2.49 bits per heavy atom. The summed E-state index contributed by atoms with van der Waals surface area (Å²) in [6.45, 7) is 2.30. The molecule has 5 rings (SSSR count). The van der Waals surface area contributed by atoms with Crippen molar-refractivity contribution in [1.29, 1.82) is 0 Å². The summed E-state index contributed by atoms with van der Waals surface area (Å²) < 4.78 is 7.48. The van der Waals surface area contributed by atoms with Crippen LogP contribution in [0.3, 0.4) is 0 Å². The minimum absolute atomic E-state index is 0.0314. The average molecular weight is 768 g/mol. The molecule has 0 spiro atoms. The van der Waals surface area contributed by atoms with Gasteiger partial charge in [0.1, 0.15) is 12.4 Å². The third-order valence-corrected chi connectivity index (χ3v) is 8.33. The van der Waals surface area contributed by atoms with E-state index < -0.39 is 4.92 Å². The van der Waals surface area contributed by atoms with Crippen LogP contribution in [0.1, 0.15) is 27.0 Å². The fourth-order valence-electron chi connectivity index (χ4n) is 3.91. The molecule has 0 aliphatic rings. The Morgan fingerprint density at radius 1 is 1.09 bits per heavy atom. The maximum absolute atomic E-state index is 12.7. The largest absolute Gasteiger partial charge is 0.487 e. The lowest BCUT2D eigenvalue weighted by Crippen LogP contribution is -2.17. The minimum atomic E-state index is -0.437. The van der Waals surface area contributed by atoms with E-state index in [4.69, 9.17) is 4.74 Å². The van der Waals surface area contributed by atoms with Gasteiger partial charge in [0.05, 0.1) is 24.9 Å². The van der Waals surface area contributed by atoms with E-state index in [-0.39, 0.29) is 18.2 Å². The molecule has 2 N–H and O–H groups in total. The second kappa shape index (κ2) is 13.9. The summed E-state index contributed by atoms with van der Waals surface area (Å²) in [5, 5.41) is 21.0. The summed E-state index contributed by atoms with van der Waals surface area (Å²) in [7, 11) is 0. The molecular formula is C31H23BrIN5O4S. The lowest BCUT2D eigenvalue weighted by atomic mass is 10.1. The number of carbonyl (C=O) groups excluding carboxylic acids is 1. The molecule has 43 heavy (non-hydrogen) atoms. The van der Waals surface area contributed by atoms with Gasteiger partial charge >= 0.3 is 0 Å². The molecule has 1 aromatic heterocycles. The highest BCUT2D eigenvalue weighted by Gasteiger charge is 2.11. The van der Waals surface area contributed by atoms with Crippen LogP contribution >= 0.6 is 49.9 Å². The van der Waals surface area contributed by atoms with Crippen LogP contribution in [0.15, 0.2) is 99.9 Å². The fourth-order valence-corrected chi connectivity index (χ4v) is 6.42. The second-order valence-electron chi connectivity index (χ2n) is 9.33. The zero-order valence-corrected chi connectivity index (χ0v) is 27.1. The number of non-ortho nitro benzene ring substituents is 1. The summed E-state index contributed by atoms with van der Waals surface area (Å²) in [6.07, 6.45) is 1.55. The van der Waals surface area contributed by atoms with Crippen molar-refractivity contribution in [2.24, 2.45) is 5.10 Å². The number of nitro benzene ring substituents is 1. The number of nitro groups is 1. The number of nitrogens with one attached hydrogen (secondary N) is 2. The van der Waals surface area contributed by atoms with Gasteiger partial charge in [-0.25, -0.2) is 10.4 Å². The van der Waals surface area contributed by atoms with Crippen LogP contribution in [0.25, 0.3) is 11.3 Å². The summed E-state index contributed by atoms with van der Waals surface area (Å²) >= 11 is 7.20. The number of anilines is 2. The third kappa shape index (κ3) is 8.03. The van der Waals surface area contributed by atoms with E-state index in [0.717, 1.165) is 36.8 Å². The second-order valence-corrected chi connectivity index (χ2v) is 12.2. The Bertz CT molecular complexity index is 1770. The van der Waals surface area contributed by atoms with Crippen molar-refractivity contribution in [3.05, 3.63) is 131 Å². The zero-order chi connectivity index (χ0) is 30.3. The molecule has 0 bridgehead atoms. The third-order valence-electron chi connectivity index (χ3n) is 6.18. The molecule has 1 heterocycles. The highest BCUT2D eigenvalue weighted by molar-refractivity contribution is 14.1. The average Bonchev–Trinajstić information content (AvgIpc) is 3.46. The first kappa shape index (κ1) is 30.3. The standard InChI is InChI=1S/C31H23BrIN5O4S/c1-19-2-10-24(11-3-19)35-31-36-28(18-43-31)22-6-8-23(9-7-22)30(39)37-34-16-21-14-26(32)29(27(33)15-21)42-17-20-4-12-25(13-5-20)38(40)41/h2-16,18H,17H2,1H3,(H,35,36)(H,37,39)/b34-16-. The molecule has 9 nitrogen and oxygen atoms in total. The number of halogens is 2. The van der Waals surface area contributed by atoms with Gasteiger partial charge in [-0.1, -0.05) is 29.8 Å². The van der Waals surface area contributed by atoms with E-state index in [1.54, 1.807) is 30.5 Å². The molecule has 0 saturated heterocycles. The van der Waals surface area contributed by atoms with Crippen molar-refractivity contribution in [1.82, 2.24) is 10.4 Å². The smallest absolute Gasteiger partial charge is 0.271 e. The molecule has 0 aliphatic carbocycles. The van der Waals surface area contributed by atoms with Crippen molar-refractivity contribution in [2.45, 2.75) is 13.5 Å². The summed E-state index contributed by atoms with van der Waals surface area (Å²) in [6, 6.07) is 25.2. The maximum atomic E-state index is 12.7. The molecule has 0 radical (unpaired) electrons. The van der Waals surface area contributed by atoms with E-state index in [9.17, 15) is 14.9 Å². The lowest BCUT2D eigenvalue weighted by molar-refractivity contribution is -0.384. The lowest BCUT2D eigenvalue weighted by Gasteiger charge is -2.11. The Kier molecular flexibility index (Phi) is 9.79. The first-order valence-corrected chi connectivity index (χ1v) is 15.6. The number of aromatic nitrogens is 1. The van der Waals surface area contributed by atoms with Gasteiger partial charge in [0.2, 0.25) is 0 Å². The van der Waals surface area contributed by atoms with Gasteiger partial charge < -0.3 is 10.1 Å². The highest BCUT2D eigenvalue weighted by atomic mass is 127. The van der Waals surface area contributed by atoms with E-state index in [0.29, 0.717) is 15.8 Å². The normalized spacial score (nSPS) is 11.0. The van der Waals surface area contributed by atoms with Gasteiger partial charge in [-0.15, -0.1) is 11.3 Å². The van der Waals surface area contributed by atoms with Gasteiger partial charge in [-0.2, -0.15) is 5.10 Å². The van der Waals surface area contributed by atoms with Crippen molar-refractivity contribution in [3.63, 3.8) is 0 Å². The first-order valence-electron chi connectivity index (χ1n) is 12.8. The molecule has 0 saturated carbocycles. The summed E-state index contributed by atoms with van der Waals surface area (Å²) in [5.41, 5.74) is 8.54. The summed E-state index contributed by atoms with van der Waals surface area (Å²) in [5.74, 6) is 0.304. The van der Waals surface area contributed by atoms with Gasteiger partial charge in [0, 0.05) is 34.3 Å². The van der Waals surface area contributed by atoms with Gasteiger partial charge in [-0.05, 0) is 105 Å². The SMILES string of the molecule is Cc1ccc(Nc2nc(-c3ccc(C(=O)N/N=C\c4cc(Br)c(OCc5ccc([N+](=O)[O-])cc5)c(I)c4)cc3)cs2)cc1. The number of ether oxygens (including phenoxy) is 1. The first-order chi connectivity index (χ1) is 20.7. The van der Waals surface area contributed by atoms with Crippen molar-refractivity contribution >= 4 is 78.5 Å². The molecule has 4 aromatic carbocycles. The molecule has 0 unspecified atom stereocenters. The molecule has 216 valence electrons. The van der Waals surface area contributed by atoms with Crippen LogP contribution in [0, 0.1) is 20.6 Å². The predicted molar refractivity (Wildman–Crippen MR) is 181 cm³/mol. The number of hydrogen-bond acceptors (Lipinski definition) is 8. The molecule has 0 atom stereocenters. The zero-order valence-electron chi connectivity index (χ0n) is 22.6. The van der Waals surface area contributed by atoms with Crippen LogP contribution in [-0.4, -0.2) is 22.0 Å². The number of carbonyl (C=O) groups is 1. The van der Waals surface area contributed by atoms with Crippen LogP contribution in [0.2, 0.25) is 0 Å². The number of hydrogen-bond donors (Lipinski definition) is 2. The summed E-state index contributed by atoms with van der Waals surface area (Å²) in [4.78, 5) is 27.7. The quantitative estimate of drug-likeness (QED) is 0.0637. The van der Waals surface area contributed by atoms with Crippen LogP contribution < -0.4 is 15.5 Å². The maximum Gasteiger partial charge on any atom is 0.271 e. The minimum Gasteiger partial charge on any atom is -0.487 e. The number of amides is 1. The van der Waals surface area contributed by atoms with E-state index in [1.807, 2.05) is 60.8 Å². The number of rotatable bonds is 10. The molecule has 5 aromatic rings. The molecular weight excluding hydrogens is 745 g/mol. The van der Waals surface area contributed by atoms with Crippen LogP contribution in [0.5, 0.6) is 5.75 Å². The Labute approximate surface area is 273 Å². The van der Waals surface area contributed by atoms with Crippen LogP contribution in [-0.2, 0) is 6.61 Å². The Balaban J connectivity index is 1.15. The van der Waals surface area contributed by atoms with Crippen LogP contribution in [0.4, 0.5) is 16.5 Å². The topological polar surface area (TPSA) is 119 Å². The highest BCUT2D eigenvalue weighted by Crippen LogP contribution is 2.32. The molecule has 1 amide bonds. The Morgan fingerprint density at radius 2 is 1.81 bits per heavy atom. The number of aryl methyl sites for hydroxylation is 1. The van der Waals surface area contributed by atoms with E-state index in [1.165, 1.54) is 29.0 Å². The van der Waals surface area contributed by atoms with E-state index >= 15 is 0 Å². The molecule has 0 fully saturated rings.